The number of hydrogen-bond acceptors (Lipinski definition) is 4. The molecule has 0 atom stereocenters. The van der Waals surface area contributed by atoms with Crippen molar-refractivity contribution in [2.45, 2.75) is 26.3 Å². The Balaban J connectivity index is 2.23. The number of aromatic nitrogens is 2. The fourth-order valence-corrected chi connectivity index (χ4v) is 2.24. The molecule has 0 saturated carbocycles. The Kier molecular flexibility index (Phi) is 5.17. The second-order valence-corrected chi connectivity index (χ2v) is 6.27. The van der Waals surface area contributed by atoms with Gasteiger partial charge in [0.2, 0.25) is 0 Å². The third-order valence-electron chi connectivity index (χ3n) is 3.23. The summed E-state index contributed by atoms with van der Waals surface area (Å²) in [5.41, 5.74) is 1.25. The molecule has 0 amide bonds. The van der Waals surface area contributed by atoms with Gasteiger partial charge in [-0.15, -0.1) is 0 Å². The van der Waals surface area contributed by atoms with Gasteiger partial charge in [-0.1, -0.05) is 41.9 Å². The van der Waals surface area contributed by atoms with Crippen LogP contribution in [-0.2, 0) is 6.54 Å². The molecule has 0 fully saturated rings. The van der Waals surface area contributed by atoms with Crippen molar-refractivity contribution in [2.75, 3.05) is 24.3 Å². The molecule has 21 heavy (non-hydrogen) atoms. The highest BCUT2D eigenvalue weighted by Gasteiger charge is 2.11. The molecule has 0 spiro atoms. The van der Waals surface area contributed by atoms with E-state index in [0.717, 1.165) is 28.5 Å². The normalized spacial score (nSPS) is 10.8. The summed E-state index contributed by atoms with van der Waals surface area (Å²) in [6.07, 6.45) is 0. The maximum atomic E-state index is 4.66. The Morgan fingerprint density at radius 1 is 1.19 bits per heavy atom. The van der Waals surface area contributed by atoms with Gasteiger partial charge in [0.05, 0.1) is 0 Å². The molecular weight excluding hydrogens is 328 g/mol. The van der Waals surface area contributed by atoms with Gasteiger partial charge >= 0.3 is 0 Å². The van der Waals surface area contributed by atoms with Crippen molar-refractivity contribution in [1.82, 2.24) is 9.97 Å². The van der Waals surface area contributed by atoms with Crippen molar-refractivity contribution in [3.8, 4) is 0 Å². The van der Waals surface area contributed by atoms with E-state index in [1.807, 2.05) is 20.2 Å². The van der Waals surface area contributed by atoms with E-state index in [9.17, 15) is 0 Å². The lowest BCUT2D eigenvalue weighted by molar-refractivity contribution is 0.764. The molecule has 0 aliphatic rings. The molecule has 0 bridgehead atoms. The van der Waals surface area contributed by atoms with Crippen LogP contribution in [0, 0.1) is 0 Å². The summed E-state index contributed by atoms with van der Waals surface area (Å²) in [4.78, 5) is 11.3. The summed E-state index contributed by atoms with van der Waals surface area (Å²) < 4.78 is 1.09. The third-order valence-corrected chi connectivity index (χ3v) is 3.76. The first-order valence-corrected chi connectivity index (χ1v) is 7.81. The van der Waals surface area contributed by atoms with Gasteiger partial charge in [0.15, 0.2) is 0 Å². The van der Waals surface area contributed by atoms with Gasteiger partial charge in [0, 0.05) is 37.1 Å². The minimum atomic E-state index is 0.304. The summed E-state index contributed by atoms with van der Waals surface area (Å²) >= 11 is 3.46. The van der Waals surface area contributed by atoms with Crippen LogP contribution in [0.3, 0.4) is 0 Å². The average molecular weight is 349 g/mol. The monoisotopic (exact) mass is 348 g/mol. The van der Waals surface area contributed by atoms with E-state index in [4.69, 9.17) is 0 Å². The van der Waals surface area contributed by atoms with Gasteiger partial charge < -0.3 is 10.2 Å². The van der Waals surface area contributed by atoms with Crippen molar-refractivity contribution < 1.29 is 0 Å². The van der Waals surface area contributed by atoms with Crippen LogP contribution in [0.2, 0.25) is 0 Å². The van der Waals surface area contributed by atoms with E-state index in [1.165, 1.54) is 5.56 Å². The van der Waals surface area contributed by atoms with Crippen molar-refractivity contribution in [2.24, 2.45) is 0 Å². The molecule has 1 N–H and O–H groups in total. The van der Waals surface area contributed by atoms with E-state index in [-0.39, 0.29) is 0 Å². The first-order valence-electron chi connectivity index (χ1n) is 7.02. The highest BCUT2D eigenvalue weighted by atomic mass is 79.9. The SMILES string of the molecule is CNc1cc(N(C)Cc2ccc(Br)cc2)nc(C(C)C)n1. The van der Waals surface area contributed by atoms with E-state index in [2.05, 4.69) is 74.2 Å². The van der Waals surface area contributed by atoms with E-state index in [1.54, 1.807) is 0 Å². The van der Waals surface area contributed by atoms with Gasteiger partial charge in [-0.3, -0.25) is 0 Å². The molecule has 0 saturated heterocycles. The summed E-state index contributed by atoms with van der Waals surface area (Å²) in [5.74, 6) is 2.95. The Hall–Kier alpha value is -1.62. The molecule has 0 unspecified atom stereocenters. The topological polar surface area (TPSA) is 41.0 Å². The largest absolute Gasteiger partial charge is 0.373 e. The van der Waals surface area contributed by atoms with E-state index >= 15 is 0 Å². The van der Waals surface area contributed by atoms with Gasteiger partial charge in [-0.2, -0.15) is 0 Å². The molecule has 112 valence electrons. The predicted octanol–water partition coefficient (Wildman–Crippen LogP) is 4.04. The molecule has 5 heteroatoms. The molecule has 1 aromatic carbocycles. The summed E-state index contributed by atoms with van der Waals surface area (Å²) in [5, 5.41) is 3.10. The number of nitrogens with zero attached hydrogens (tertiary/aromatic N) is 3. The second kappa shape index (κ2) is 6.89. The number of rotatable bonds is 5. The van der Waals surface area contributed by atoms with Crippen LogP contribution in [0.5, 0.6) is 0 Å². The smallest absolute Gasteiger partial charge is 0.135 e. The minimum absolute atomic E-state index is 0.304. The number of anilines is 2. The Morgan fingerprint density at radius 2 is 1.86 bits per heavy atom. The predicted molar refractivity (Wildman–Crippen MR) is 91.9 cm³/mol. The number of benzene rings is 1. The summed E-state index contributed by atoms with van der Waals surface area (Å²) in [6, 6.07) is 10.3. The zero-order valence-electron chi connectivity index (χ0n) is 12.9. The van der Waals surface area contributed by atoms with Crippen molar-refractivity contribution in [1.29, 1.82) is 0 Å². The molecule has 0 aliphatic heterocycles. The number of hydrogen-bond donors (Lipinski definition) is 1. The van der Waals surface area contributed by atoms with Crippen LogP contribution in [0.4, 0.5) is 11.6 Å². The lowest BCUT2D eigenvalue weighted by Crippen LogP contribution is -2.19. The quantitative estimate of drug-likeness (QED) is 0.885. The molecule has 4 nitrogen and oxygen atoms in total. The van der Waals surface area contributed by atoms with Gasteiger partial charge in [0.1, 0.15) is 17.5 Å². The molecule has 1 heterocycles. The number of nitrogens with one attached hydrogen (secondary N) is 1. The van der Waals surface area contributed by atoms with Crippen LogP contribution in [-0.4, -0.2) is 24.1 Å². The number of halogens is 1. The lowest BCUT2D eigenvalue weighted by atomic mass is 10.2. The Morgan fingerprint density at radius 3 is 2.43 bits per heavy atom. The lowest BCUT2D eigenvalue weighted by Gasteiger charge is -2.20. The van der Waals surface area contributed by atoms with Crippen LogP contribution in [0.1, 0.15) is 31.2 Å². The van der Waals surface area contributed by atoms with Gasteiger partial charge in [-0.25, -0.2) is 9.97 Å². The van der Waals surface area contributed by atoms with Crippen LogP contribution < -0.4 is 10.2 Å². The van der Waals surface area contributed by atoms with Crippen molar-refractivity contribution in [3.05, 3.63) is 46.2 Å². The minimum Gasteiger partial charge on any atom is -0.373 e. The van der Waals surface area contributed by atoms with Crippen LogP contribution >= 0.6 is 15.9 Å². The highest BCUT2D eigenvalue weighted by Crippen LogP contribution is 2.21. The molecule has 2 rings (SSSR count). The molecule has 2 aromatic rings. The average Bonchev–Trinajstić information content (AvgIpc) is 2.49. The third kappa shape index (κ3) is 4.17. The Labute approximate surface area is 134 Å². The summed E-state index contributed by atoms with van der Waals surface area (Å²) in [6.45, 7) is 5.02. The van der Waals surface area contributed by atoms with Gasteiger partial charge in [-0.05, 0) is 17.7 Å². The first-order chi connectivity index (χ1) is 9.99. The zero-order chi connectivity index (χ0) is 15.4. The molecule has 1 aromatic heterocycles. The highest BCUT2D eigenvalue weighted by molar-refractivity contribution is 9.10. The molecule has 0 radical (unpaired) electrons. The standard InChI is InChI=1S/C16H21BrN4/c1-11(2)16-19-14(18-3)9-15(20-16)21(4)10-12-5-7-13(17)8-6-12/h5-9,11H,10H2,1-4H3,(H,18,19,20). The van der Waals surface area contributed by atoms with Crippen LogP contribution in [0.15, 0.2) is 34.8 Å². The van der Waals surface area contributed by atoms with E-state index in [0.29, 0.717) is 5.92 Å². The summed E-state index contributed by atoms with van der Waals surface area (Å²) in [7, 11) is 3.93. The fraction of sp³-hybridized carbons (Fsp3) is 0.375. The maximum Gasteiger partial charge on any atom is 0.135 e. The second-order valence-electron chi connectivity index (χ2n) is 5.36. The van der Waals surface area contributed by atoms with Crippen molar-refractivity contribution in [3.63, 3.8) is 0 Å². The van der Waals surface area contributed by atoms with Crippen molar-refractivity contribution >= 4 is 27.6 Å². The fourth-order valence-electron chi connectivity index (χ4n) is 1.98. The first kappa shape index (κ1) is 15.8. The zero-order valence-corrected chi connectivity index (χ0v) is 14.5. The molecular formula is C16H21BrN4. The Bertz CT molecular complexity index is 596. The molecule has 0 aliphatic carbocycles. The van der Waals surface area contributed by atoms with Gasteiger partial charge in [0.25, 0.3) is 0 Å². The van der Waals surface area contributed by atoms with Crippen LogP contribution in [0.25, 0.3) is 0 Å². The maximum absolute atomic E-state index is 4.66. The van der Waals surface area contributed by atoms with E-state index < -0.39 is 0 Å².